The molecule has 0 bridgehead atoms. The van der Waals surface area contributed by atoms with E-state index in [4.69, 9.17) is 9.47 Å². The Balaban J connectivity index is 1.34. The molecular formula is C18H19N2O2+. The number of hydrogen-bond donors (Lipinski definition) is 2. The van der Waals surface area contributed by atoms with Crippen LogP contribution in [0.25, 0.3) is 10.9 Å². The molecule has 0 spiro atoms. The van der Waals surface area contributed by atoms with E-state index in [2.05, 4.69) is 52.9 Å². The fourth-order valence-corrected chi connectivity index (χ4v) is 2.92. The third-order valence-electron chi connectivity index (χ3n) is 4.11. The monoisotopic (exact) mass is 295 g/mol. The second kappa shape index (κ2) is 5.73. The average Bonchev–Trinajstić information content (AvgIpc) is 3.18. The van der Waals surface area contributed by atoms with E-state index in [1.54, 1.807) is 0 Å². The number of quaternary nitrogens is 1. The Bertz CT molecular complexity index is 795. The van der Waals surface area contributed by atoms with Crippen molar-refractivity contribution in [3.63, 3.8) is 0 Å². The van der Waals surface area contributed by atoms with E-state index < -0.39 is 0 Å². The van der Waals surface area contributed by atoms with Crippen molar-refractivity contribution in [2.24, 2.45) is 0 Å². The minimum atomic E-state index is 0.339. The molecular weight excluding hydrogens is 276 g/mol. The molecule has 1 aliphatic heterocycles. The van der Waals surface area contributed by atoms with Crippen LogP contribution in [0.4, 0.5) is 0 Å². The smallest absolute Gasteiger partial charge is 0.231 e. The lowest BCUT2D eigenvalue weighted by Gasteiger charge is -2.03. The summed E-state index contributed by atoms with van der Waals surface area (Å²) in [5.41, 5.74) is 3.86. The number of aromatic nitrogens is 1. The van der Waals surface area contributed by atoms with Crippen molar-refractivity contribution in [1.29, 1.82) is 0 Å². The molecule has 0 aliphatic carbocycles. The molecule has 0 fully saturated rings. The van der Waals surface area contributed by atoms with Crippen LogP contribution in [0, 0.1) is 0 Å². The van der Waals surface area contributed by atoms with Gasteiger partial charge in [0, 0.05) is 29.1 Å². The first-order valence-electron chi connectivity index (χ1n) is 7.65. The van der Waals surface area contributed by atoms with Crippen molar-refractivity contribution in [3.8, 4) is 11.5 Å². The first-order valence-corrected chi connectivity index (χ1v) is 7.65. The third-order valence-corrected chi connectivity index (χ3v) is 4.11. The number of ether oxygens (including phenoxy) is 2. The van der Waals surface area contributed by atoms with Crippen molar-refractivity contribution in [2.45, 2.75) is 13.0 Å². The Kier molecular flexibility index (Phi) is 3.45. The van der Waals surface area contributed by atoms with Gasteiger partial charge >= 0.3 is 0 Å². The number of fused-ring (bicyclic) bond motifs is 2. The maximum atomic E-state index is 5.42. The van der Waals surface area contributed by atoms with Crippen LogP contribution in [0.1, 0.15) is 11.1 Å². The minimum Gasteiger partial charge on any atom is -0.454 e. The highest BCUT2D eigenvalue weighted by atomic mass is 16.7. The maximum Gasteiger partial charge on any atom is 0.231 e. The molecule has 1 aliphatic rings. The van der Waals surface area contributed by atoms with Crippen LogP contribution in [0.5, 0.6) is 11.5 Å². The summed E-state index contributed by atoms with van der Waals surface area (Å²) in [6.45, 7) is 2.39. The highest BCUT2D eigenvalue weighted by molar-refractivity contribution is 5.82. The molecule has 0 saturated heterocycles. The number of hydrogen-bond acceptors (Lipinski definition) is 2. The number of nitrogens with one attached hydrogen (secondary N) is 1. The molecule has 22 heavy (non-hydrogen) atoms. The molecule has 2 aromatic carbocycles. The number of H-pyrrole nitrogens is 1. The molecule has 2 heterocycles. The van der Waals surface area contributed by atoms with Crippen molar-refractivity contribution >= 4 is 10.9 Å². The van der Waals surface area contributed by atoms with Crippen LogP contribution in [0.15, 0.2) is 48.7 Å². The van der Waals surface area contributed by atoms with E-state index in [0.29, 0.717) is 6.79 Å². The van der Waals surface area contributed by atoms with Gasteiger partial charge in [0.25, 0.3) is 0 Å². The van der Waals surface area contributed by atoms with Crippen molar-refractivity contribution in [2.75, 3.05) is 13.3 Å². The summed E-state index contributed by atoms with van der Waals surface area (Å²) >= 11 is 0. The topological polar surface area (TPSA) is 50.9 Å². The van der Waals surface area contributed by atoms with E-state index in [1.807, 2.05) is 6.07 Å². The fraction of sp³-hybridized carbons (Fsp3) is 0.222. The maximum absolute atomic E-state index is 5.42. The van der Waals surface area contributed by atoms with Gasteiger partial charge in [-0.3, -0.25) is 0 Å². The van der Waals surface area contributed by atoms with Crippen molar-refractivity contribution in [1.82, 2.24) is 4.98 Å². The van der Waals surface area contributed by atoms with Crippen LogP contribution >= 0.6 is 0 Å². The van der Waals surface area contributed by atoms with Crippen LogP contribution in [0.2, 0.25) is 0 Å². The lowest BCUT2D eigenvalue weighted by Crippen LogP contribution is -2.83. The van der Waals surface area contributed by atoms with Crippen LogP contribution in [-0.2, 0) is 13.0 Å². The summed E-state index contributed by atoms with van der Waals surface area (Å²) in [5.74, 6) is 1.72. The molecule has 4 heteroatoms. The van der Waals surface area contributed by atoms with Crippen molar-refractivity contribution in [3.05, 3.63) is 59.8 Å². The van der Waals surface area contributed by atoms with Gasteiger partial charge in [0.15, 0.2) is 11.5 Å². The van der Waals surface area contributed by atoms with Gasteiger partial charge in [-0.15, -0.1) is 0 Å². The van der Waals surface area contributed by atoms with E-state index in [1.165, 1.54) is 22.0 Å². The Morgan fingerprint density at radius 1 is 1.05 bits per heavy atom. The third kappa shape index (κ3) is 2.53. The number of para-hydroxylation sites is 1. The number of aromatic amines is 1. The fourth-order valence-electron chi connectivity index (χ4n) is 2.92. The minimum absolute atomic E-state index is 0.339. The summed E-state index contributed by atoms with van der Waals surface area (Å²) in [5, 5.41) is 3.67. The standard InChI is InChI=1S/C18H18N2O2/c1-2-4-16-15(3-1)14(11-20-16)10-19-8-7-13-5-6-17-18(9-13)22-12-21-17/h1-6,9,11,19-20H,7-8,10,12H2/p+1. The van der Waals surface area contributed by atoms with Gasteiger partial charge in [-0.25, -0.2) is 0 Å². The summed E-state index contributed by atoms with van der Waals surface area (Å²) in [4.78, 5) is 3.32. The lowest BCUT2D eigenvalue weighted by molar-refractivity contribution is -0.669. The zero-order valence-electron chi connectivity index (χ0n) is 12.3. The van der Waals surface area contributed by atoms with Gasteiger partial charge in [0.1, 0.15) is 6.54 Å². The molecule has 4 rings (SSSR count). The van der Waals surface area contributed by atoms with Crippen LogP contribution in [-0.4, -0.2) is 18.3 Å². The largest absolute Gasteiger partial charge is 0.454 e. The van der Waals surface area contributed by atoms with Gasteiger partial charge in [-0.05, 0) is 23.8 Å². The number of benzene rings is 2. The van der Waals surface area contributed by atoms with Crippen LogP contribution in [0.3, 0.4) is 0 Å². The van der Waals surface area contributed by atoms with E-state index in [9.17, 15) is 0 Å². The Labute approximate surface area is 129 Å². The molecule has 0 saturated carbocycles. The average molecular weight is 295 g/mol. The molecule has 0 unspecified atom stereocenters. The summed E-state index contributed by atoms with van der Waals surface area (Å²) < 4.78 is 10.8. The van der Waals surface area contributed by atoms with Crippen LogP contribution < -0.4 is 14.8 Å². The predicted molar refractivity (Wildman–Crippen MR) is 85.1 cm³/mol. The Morgan fingerprint density at radius 3 is 2.95 bits per heavy atom. The quantitative estimate of drug-likeness (QED) is 0.709. The Morgan fingerprint density at radius 2 is 1.95 bits per heavy atom. The van der Waals surface area contributed by atoms with Crippen molar-refractivity contribution < 1.29 is 14.8 Å². The molecule has 3 aromatic rings. The summed E-state index contributed by atoms with van der Waals surface area (Å²) in [7, 11) is 0. The second-order valence-electron chi connectivity index (χ2n) is 5.58. The number of rotatable bonds is 5. The molecule has 1 aromatic heterocycles. The van der Waals surface area contributed by atoms with Gasteiger partial charge in [-0.1, -0.05) is 24.3 Å². The highest BCUT2D eigenvalue weighted by Crippen LogP contribution is 2.32. The first kappa shape index (κ1) is 13.2. The van der Waals surface area contributed by atoms with Gasteiger partial charge in [0.2, 0.25) is 6.79 Å². The normalized spacial score (nSPS) is 12.9. The molecule has 112 valence electrons. The van der Waals surface area contributed by atoms with E-state index in [0.717, 1.165) is 31.0 Å². The van der Waals surface area contributed by atoms with Gasteiger partial charge in [0.05, 0.1) is 6.54 Å². The zero-order valence-corrected chi connectivity index (χ0v) is 12.3. The van der Waals surface area contributed by atoms with Gasteiger partial charge in [-0.2, -0.15) is 0 Å². The molecule has 0 amide bonds. The lowest BCUT2D eigenvalue weighted by atomic mass is 10.1. The second-order valence-corrected chi connectivity index (χ2v) is 5.58. The Hall–Kier alpha value is -2.46. The number of nitrogens with two attached hydrogens (primary N) is 1. The SMILES string of the molecule is c1ccc2c(C[NH2+]CCc3ccc4c(c3)OCO4)c[nH]c2c1. The molecule has 3 N–H and O–H groups in total. The zero-order chi connectivity index (χ0) is 14.8. The van der Waals surface area contributed by atoms with E-state index >= 15 is 0 Å². The summed E-state index contributed by atoms with van der Waals surface area (Å²) in [6, 6.07) is 14.6. The molecule has 4 nitrogen and oxygen atoms in total. The molecule has 0 radical (unpaired) electrons. The predicted octanol–water partition coefficient (Wildman–Crippen LogP) is 2.20. The molecule has 0 atom stereocenters. The highest BCUT2D eigenvalue weighted by Gasteiger charge is 2.13. The first-order chi connectivity index (χ1) is 10.9. The van der Waals surface area contributed by atoms with E-state index in [-0.39, 0.29) is 0 Å². The summed E-state index contributed by atoms with van der Waals surface area (Å²) in [6.07, 6.45) is 3.14. The van der Waals surface area contributed by atoms with Gasteiger partial charge < -0.3 is 19.8 Å².